The number of aliphatic hydroxyl groups excluding tert-OH is 1. The van der Waals surface area contributed by atoms with Gasteiger partial charge < -0.3 is 19.9 Å². The lowest BCUT2D eigenvalue weighted by Gasteiger charge is -2.16. The number of methoxy groups -OCH3 is 1. The van der Waals surface area contributed by atoms with Crippen LogP contribution >= 0.6 is 11.6 Å². The predicted molar refractivity (Wildman–Crippen MR) is 81.7 cm³/mol. The minimum atomic E-state index is 0.0538. The van der Waals surface area contributed by atoms with Crippen LogP contribution in [0.5, 0.6) is 11.5 Å². The standard InChI is InChI=1S/C15H24ClNO3/c1-10(2)17-7-12-5-13(16)15(14(6-12)19-4)20-9-11(3)8-18/h5-6,10-11,17-18H,7-9H2,1-4H3. The maximum absolute atomic E-state index is 9.02. The van der Waals surface area contributed by atoms with Gasteiger partial charge in [-0.25, -0.2) is 0 Å². The first-order chi connectivity index (χ1) is 9.47. The molecule has 0 radical (unpaired) electrons. The summed E-state index contributed by atoms with van der Waals surface area (Å²) in [5, 5.41) is 12.9. The average molecular weight is 302 g/mol. The van der Waals surface area contributed by atoms with E-state index < -0.39 is 0 Å². The fourth-order valence-corrected chi connectivity index (χ4v) is 1.90. The van der Waals surface area contributed by atoms with Gasteiger partial charge in [-0.3, -0.25) is 0 Å². The third-order valence-corrected chi connectivity index (χ3v) is 3.11. The molecule has 0 heterocycles. The molecule has 114 valence electrons. The van der Waals surface area contributed by atoms with E-state index in [1.54, 1.807) is 7.11 Å². The number of ether oxygens (including phenoxy) is 2. The van der Waals surface area contributed by atoms with Crippen LogP contribution in [0.15, 0.2) is 12.1 Å². The van der Waals surface area contributed by atoms with Crippen molar-refractivity contribution in [2.75, 3.05) is 20.3 Å². The summed E-state index contributed by atoms with van der Waals surface area (Å²) >= 11 is 6.26. The van der Waals surface area contributed by atoms with E-state index in [-0.39, 0.29) is 12.5 Å². The van der Waals surface area contributed by atoms with Crippen molar-refractivity contribution >= 4 is 11.6 Å². The molecule has 0 saturated heterocycles. The highest BCUT2D eigenvalue weighted by Crippen LogP contribution is 2.36. The zero-order chi connectivity index (χ0) is 15.1. The number of hydrogen-bond acceptors (Lipinski definition) is 4. The van der Waals surface area contributed by atoms with E-state index in [0.717, 1.165) is 12.1 Å². The Balaban J connectivity index is 2.84. The van der Waals surface area contributed by atoms with Gasteiger partial charge in [-0.1, -0.05) is 32.4 Å². The van der Waals surface area contributed by atoms with E-state index in [1.165, 1.54) is 0 Å². The van der Waals surface area contributed by atoms with E-state index in [1.807, 2.05) is 19.1 Å². The molecule has 0 aliphatic carbocycles. The monoisotopic (exact) mass is 301 g/mol. The summed E-state index contributed by atoms with van der Waals surface area (Å²) in [6.07, 6.45) is 0. The first-order valence-corrected chi connectivity index (χ1v) is 7.19. The molecular weight excluding hydrogens is 278 g/mol. The zero-order valence-electron chi connectivity index (χ0n) is 12.6. The quantitative estimate of drug-likeness (QED) is 0.775. The number of nitrogens with one attached hydrogen (secondary N) is 1. The van der Waals surface area contributed by atoms with Crippen LogP contribution in [0.1, 0.15) is 26.3 Å². The zero-order valence-corrected chi connectivity index (χ0v) is 13.3. The van der Waals surface area contributed by atoms with Gasteiger partial charge in [0.05, 0.1) is 18.7 Å². The predicted octanol–water partition coefficient (Wildman–Crippen LogP) is 2.85. The lowest BCUT2D eigenvalue weighted by molar-refractivity contribution is 0.171. The summed E-state index contributed by atoms with van der Waals surface area (Å²) in [6, 6.07) is 4.19. The third kappa shape index (κ3) is 5.19. The van der Waals surface area contributed by atoms with Crippen molar-refractivity contribution in [3.8, 4) is 11.5 Å². The van der Waals surface area contributed by atoms with E-state index in [4.69, 9.17) is 26.2 Å². The Kier molecular flexibility index (Phi) is 7.13. The topological polar surface area (TPSA) is 50.7 Å². The van der Waals surface area contributed by atoms with Crippen molar-refractivity contribution < 1.29 is 14.6 Å². The summed E-state index contributed by atoms with van der Waals surface area (Å²) in [6.45, 7) is 7.29. The molecule has 20 heavy (non-hydrogen) atoms. The Morgan fingerprint density at radius 2 is 2.00 bits per heavy atom. The minimum Gasteiger partial charge on any atom is -0.493 e. The number of rotatable bonds is 8. The minimum absolute atomic E-state index is 0.0538. The summed E-state index contributed by atoms with van der Waals surface area (Å²) < 4.78 is 11.0. The molecule has 0 spiro atoms. The van der Waals surface area contributed by atoms with E-state index in [0.29, 0.717) is 29.2 Å². The molecule has 1 rings (SSSR count). The van der Waals surface area contributed by atoms with Crippen molar-refractivity contribution in [1.82, 2.24) is 5.32 Å². The van der Waals surface area contributed by atoms with Gasteiger partial charge in [-0.05, 0) is 17.7 Å². The highest BCUT2D eigenvalue weighted by molar-refractivity contribution is 6.32. The Hall–Kier alpha value is -0.970. The molecule has 1 aromatic carbocycles. The number of hydrogen-bond donors (Lipinski definition) is 2. The first kappa shape index (κ1) is 17.1. The number of halogens is 1. The van der Waals surface area contributed by atoms with Crippen LogP contribution in [0, 0.1) is 5.92 Å². The lowest BCUT2D eigenvalue weighted by atomic mass is 10.2. The van der Waals surface area contributed by atoms with Crippen LogP contribution in [-0.2, 0) is 6.54 Å². The van der Waals surface area contributed by atoms with Crippen molar-refractivity contribution in [3.05, 3.63) is 22.7 Å². The Morgan fingerprint density at radius 3 is 2.55 bits per heavy atom. The van der Waals surface area contributed by atoms with Gasteiger partial charge in [0, 0.05) is 25.1 Å². The van der Waals surface area contributed by atoms with Crippen LogP contribution in [0.4, 0.5) is 0 Å². The molecule has 0 aromatic heterocycles. The lowest BCUT2D eigenvalue weighted by Crippen LogP contribution is -2.21. The van der Waals surface area contributed by atoms with Crippen LogP contribution < -0.4 is 14.8 Å². The molecule has 0 saturated carbocycles. The van der Waals surface area contributed by atoms with Crippen LogP contribution in [0.25, 0.3) is 0 Å². The number of aliphatic hydroxyl groups is 1. The molecule has 4 nitrogen and oxygen atoms in total. The molecule has 2 N–H and O–H groups in total. The van der Waals surface area contributed by atoms with Gasteiger partial charge in [0.25, 0.3) is 0 Å². The molecule has 1 aromatic rings. The Labute approximate surface area is 126 Å². The van der Waals surface area contributed by atoms with Crippen molar-refractivity contribution in [3.63, 3.8) is 0 Å². The summed E-state index contributed by atoms with van der Waals surface area (Å²) in [4.78, 5) is 0. The van der Waals surface area contributed by atoms with Crippen molar-refractivity contribution in [1.29, 1.82) is 0 Å². The fraction of sp³-hybridized carbons (Fsp3) is 0.600. The van der Waals surface area contributed by atoms with Gasteiger partial charge in [0.15, 0.2) is 11.5 Å². The second-order valence-corrected chi connectivity index (χ2v) is 5.65. The van der Waals surface area contributed by atoms with Crippen molar-refractivity contribution in [2.45, 2.75) is 33.4 Å². The van der Waals surface area contributed by atoms with E-state index in [9.17, 15) is 0 Å². The average Bonchev–Trinajstić information content (AvgIpc) is 2.42. The molecule has 1 atom stereocenters. The molecular formula is C15H24ClNO3. The van der Waals surface area contributed by atoms with E-state index >= 15 is 0 Å². The molecule has 0 aliphatic heterocycles. The normalized spacial score (nSPS) is 12.6. The fourth-order valence-electron chi connectivity index (χ4n) is 1.62. The van der Waals surface area contributed by atoms with Gasteiger partial charge >= 0.3 is 0 Å². The third-order valence-electron chi connectivity index (χ3n) is 2.83. The van der Waals surface area contributed by atoms with Crippen LogP contribution in [-0.4, -0.2) is 31.5 Å². The highest BCUT2D eigenvalue weighted by atomic mass is 35.5. The largest absolute Gasteiger partial charge is 0.493 e. The molecule has 1 unspecified atom stereocenters. The molecule has 0 amide bonds. The first-order valence-electron chi connectivity index (χ1n) is 6.81. The summed E-state index contributed by atoms with van der Waals surface area (Å²) in [5.74, 6) is 1.20. The highest BCUT2D eigenvalue weighted by Gasteiger charge is 2.13. The maximum atomic E-state index is 9.02. The Morgan fingerprint density at radius 1 is 1.30 bits per heavy atom. The second-order valence-electron chi connectivity index (χ2n) is 5.24. The smallest absolute Gasteiger partial charge is 0.179 e. The Bertz CT molecular complexity index is 424. The maximum Gasteiger partial charge on any atom is 0.179 e. The van der Waals surface area contributed by atoms with Gasteiger partial charge in [-0.2, -0.15) is 0 Å². The van der Waals surface area contributed by atoms with Gasteiger partial charge in [0.2, 0.25) is 0 Å². The SMILES string of the molecule is COc1cc(CNC(C)C)cc(Cl)c1OCC(C)CO. The van der Waals surface area contributed by atoms with E-state index in [2.05, 4.69) is 19.2 Å². The second kappa shape index (κ2) is 8.35. The molecule has 0 bridgehead atoms. The molecule has 0 fully saturated rings. The van der Waals surface area contributed by atoms with Gasteiger partial charge in [-0.15, -0.1) is 0 Å². The van der Waals surface area contributed by atoms with Crippen molar-refractivity contribution in [2.24, 2.45) is 5.92 Å². The van der Waals surface area contributed by atoms with Crippen LogP contribution in [0.2, 0.25) is 5.02 Å². The van der Waals surface area contributed by atoms with Crippen LogP contribution in [0.3, 0.4) is 0 Å². The summed E-state index contributed by atoms with van der Waals surface area (Å²) in [5.41, 5.74) is 1.04. The summed E-state index contributed by atoms with van der Waals surface area (Å²) in [7, 11) is 1.59. The van der Waals surface area contributed by atoms with Gasteiger partial charge in [0.1, 0.15) is 0 Å². The molecule has 5 heteroatoms. The molecule has 0 aliphatic rings. The number of benzene rings is 1.